The summed E-state index contributed by atoms with van der Waals surface area (Å²) in [5.74, 6) is -1.36. The van der Waals surface area contributed by atoms with Gasteiger partial charge in [-0.3, -0.25) is 9.59 Å². The van der Waals surface area contributed by atoms with Gasteiger partial charge in [0.05, 0.1) is 38.9 Å². The molecule has 0 spiro atoms. The zero-order valence-electron chi connectivity index (χ0n) is 17.2. The van der Waals surface area contributed by atoms with Crippen LogP contribution in [0.15, 0.2) is 41.7 Å². The Morgan fingerprint density at radius 2 is 1.42 bits per heavy atom. The topological polar surface area (TPSA) is 141 Å². The van der Waals surface area contributed by atoms with E-state index in [4.69, 9.17) is 5.11 Å². The van der Waals surface area contributed by atoms with Crippen molar-refractivity contribution in [2.24, 2.45) is 0 Å². The molecular formula is C22H16N2O6S3. The maximum atomic E-state index is 12.4. The molecule has 0 fully saturated rings. The Bertz CT molecular complexity index is 1470. The fourth-order valence-electron chi connectivity index (χ4n) is 3.14. The van der Waals surface area contributed by atoms with Gasteiger partial charge in [0.2, 0.25) is 5.78 Å². The van der Waals surface area contributed by atoms with Crippen molar-refractivity contribution >= 4 is 63.3 Å². The number of phenols is 2. The molecule has 0 unspecified atom stereocenters. The summed E-state index contributed by atoms with van der Waals surface area (Å²) in [5, 5.41) is 41.1. The number of hydrogen-bond acceptors (Lipinski definition) is 11. The average molecular weight is 501 g/mol. The van der Waals surface area contributed by atoms with E-state index in [1.807, 2.05) is 0 Å². The summed E-state index contributed by atoms with van der Waals surface area (Å²) in [6.07, 6.45) is 1.29. The van der Waals surface area contributed by atoms with Gasteiger partial charge < -0.3 is 20.4 Å². The van der Waals surface area contributed by atoms with E-state index in [0.29, 0.717) is 36.8 Å². The lowest BCUT2D eigenvalue weighted by Crippen LogP contribution is -1.96. The molecule has 3 heterocycles. The molecule has 1 aromatic carbocycles. The summed E-state index contributed by atoms with van der Waals surface area (Å²) in [7, 11) is 0. The van der Waals surface area contributed by atoms with Crippen molar-refractivity contribution in [3.63, 3.8) is 0 Å². The first-order valence-electron chi connectivity index (χ1n) is 9.40. The molecule has 4 rings (SSSR count). The van der Waals surface area contributed by atoms with Crippen LogP contribution in [0.4, 0.5) is 0 Å². The van der Waals surface area contributed by atoms with Crippen LogP contribution in [0.5, 0.6) is 11.5 Å². The fourth-order valence-corrected chi connectivity index (χ4v) is 5.82. The molecule has 8 nitrogen and oxygen atoms in total. The van der Waals surface area contributed by atoms with Gasteiger partial charge >= 0.3 is 0 Å². The smallest absolute Gasteiger partial charge is 0.201 e. The van der Waals surface area contributed by atoms with E-state index in [1.54, 1.807) is 24.3 Å². The predicted molar refractivity (Wildman–Crippen MR) is 129 cm³/mol. The number of nitrogens with zero attached hydrogens (tertiary/aromatic N) is 2. The van der Waals surface area contributed by atoms with Crippen molar-refractivity contribution in [2.75, 3.05) is 0 Å². The minimum atomic E-state index is -0.417. The molecule has 168 valence electrons. The number of aliphatic hydroxyl groups is 2. The summed E-state index contributed by atoms with van der Waals surface area (Å²) in [6.45, 7) is 2.97. The van der Waals surface area contributed by atoms with Gasteiger partial charge in [0.25, 0.3) is 0 Å². The number of aliphatic hydroxyl groups excluding tert-OH is 2. The first-order chi connectivity index (χ1) is 15.8. The second kappa shape index (κ2) is 8.77. The van der Waals surface area contributed by atoms with Crippen LogP contribution in [0.1, 0.15) is 28.4 Å². The highest BCUT2D eigenvalue weighted by Gasteiger charge is 2.26. The van der Waals surface area contributed by atoms with Crippen molar-refractivity contribution in [2.45, 2.75) is 13.8 Å². The van der Waals surface area contributed by atoms with Crippen LogP contribution < -0.4 is 0 Å². The minimum Gasteiger partial charge on any atom is -0.515 e. The molecule has 4 aromatic rings. The number of ketones is 1. The third kappa shape index (κ3) is 3.80. The number of aromatic hydroxyl groups is 2. The molecule has 0 saturated heterocycles. The summed E-state index contributed by atoms with van der Waals surface area (Å²) in [5.41, 5.74) is 1.52. The highest BCUT2D eigenvalue weighted by atomic mass is 32.1. The fraction of sp³-hybridized carbons (Fsp3) is 0.0909. The molecule has 0 bridgehead atoms. The van der Waals surface area contributed by atoms with E-state index in [9.17, 15) is 24.9 Å². The Labute approximate surface area is 199 Å². The first kappa shape index (κ1) is 22.6. The minimum absolute atomic E-state index is 0.167. The third-order valence-electron chi connectivity index (χ3n) is 4.92. The number of thiophene rings is 2. The Balaban J connectivity index is 1.88. The van der Waals surface area contributed by atoms with Crippen LogP contribution in [-0.2, 0) is 4.79 Å². The van der Waals surface area contributed by atoms with Gasteiger partial charge in [0.15, 0.2) is 11.5 Å². The monoisotopic (exact) mass is 500 g/mol. The quantitative estimate of drug-likeness (QED) is 0.0870. The van der Waals surface area contributed by atoms with Crippen LogP contribution in [-0.4, -0.2) is 41.2 Å². The van der Waals surface area contributed by atoms with Crippen LogP contribution in [0, 0.1) is 0 Å². The number of benzene rings is 1. The third-order valence-corrected chi connectivity index (χ3v) is 7.66. The SMILES string of the molecule is C/C(=C/O)C(=O)c1ccc(-c2c(O)c(O)c(-c3ccc(/C(O)=C(\C)C=O)s3)c3nsnc23)s1. The van der Waals surface area contributed by atoms with E-state index in [-0.39, 0.29) is 33.8 Å². The molecule has 0 saturated carbocycles. The zero-order chi connectivity index (χ0) is 23.9. The Kier molecular flexibility index (Phi) is 6.02. The number of carbonyl (C=O) groups excluding carboxylic acids is 2. The predicted octanol–water partition coefficient (Wildman–Crippen LogP) is 5.69. The van der Waals surface area contributed by atoms with Gasteiger partial charge in [0, 0.05) is 20.9 Å². The number of rotatable bonds is 6. The number of allylic oxidation sites excluding steroid dienone is 2. The number of aromatic nitrogens is 2. The maximum Gasteiger partial charge on any atom is 0.201 e. The molecule has 4 N–H and O–H groups in total. The number of fused-ring (bicyclic) bond motifs is 1. The maximum absolute atomic E-state index is 12.4. The Hall–Kier alpha value is -3.54. The standard InChI is InChI=1S/C22H16N2O6S3/c1-9(7-25)19(27)13-5-3-11(31-13)15-17-18(24-33-23-17)16(22(30)21(15)29)12-4-6-14(32-12)20(28)10(2)8-26/h3-8,25,28-30H,1-2H3/b9-7-,20-10-. The van der Waals surface area contributed by atoms with Gasteiger partial charge in [-0.2, -0.15) is 8.75 Å². The van der Waals surface area contributed by atoms with Gasteiger partial charge in [-0.25, -0.2) is 0 Å². The van der Waals surface area contributed by atoms with Crippen LogP contribution in [0.2, 0.25) is 0 Å². The van der Waals surface area contributed by atoms with E-state index < -0.39 is 11.5 Å². The molecule has 0 amide bonds. The Morgan fingerprint density at radius 1 is 0.909 bits per heavy atom. The first-order valence-corrected chi connectivity index (χ1v) is 11.8. The van der Waals surface area contributed by atoms with Crippen molar-refractivity contribution in [1.82, 2.24) is 8.75 Å². The summed E-state index contributed by atoms with van der Waals surface area (Å²) >= 11 is 3.11. The number of aldehydes is 1. The van der Waals surface area contributed by atoms with E-state index in [0.717, 1.165) is 40.7 Å². The lowest BCUT2D eigenvalue weighted by molar-refractivity contribution is -0.104. The summed E-state index contributed by atoms with van der Waals surface area (Å²) in [4.78, 5) is 25.1. The molecule has 33 heavy (non-hydrogen) atoms. The van der Waals surface area contributed by atoms with Gasteiger partial charge in [-0.05, 0) is 38.1 Å². The molecule has 0 aliphatic carbocycles. The van der Waals surface area contributed by atoms with Crippen LogP contribution >= 0.6 is 34.4 Å². The zero-order valence-corrected chi connectivity index (χ0v) is 19.6. The Morgan fingerprint density at radius 3 is 1.94 bits per heavy atom. The molecular weight excluding hydrogens is 484 g/mol. The number of hydrogen-bond donors (Lipinski definition) is 4. The average Bonchev–Trinajstić information content (AvgIpc) is 3.59. The second-order valence-electron chi connectivity index (χ2n) is 7.03. The molecule has 0 aliphatic rings. The molecule has 0 radical (unpaired) electrons. The van der Waals surface area contributed by atoms with Crippen molar-refractivity contribution < 1.29 is 30.0 Å². The van der Waals surface area contributed by atoms with Crippen LogP contribution in [0.3, 0.4) is 0 Å². The molecule has 0 atom stereocenters. The van der Waals surface area contributed by atoms with Gasteiger partial charge in [-0.1, -0.05) is 0 Å². The highest BCUT2D eigenvalue weighted by Crippen LogP contribution is 2.51. The number of Topliss-reactive ketones (excluding diaryl/α,β-unsaturated/α-hetero) is 1. The van der Waals surface area contributed by atoms with E-state index >= 15 is 0 Å². The lowest BCUT2D eigenvalue weighted by Gasteiger charge is -2.10. The van der Waals surface area contributed by atoms with Gasteiger partial charge in [-0.15, -0.1) is 22.7 Å². The molecule has 0 aliphatic heterocycles. The van der Waals surface area contributed by atoms with Crippen LogP contribution in [0.25, 0.3) is 37.7 Å². The highest BCUT2D eigenvalue weighted by molar-refractivity contribution is 7.18. The van der Waals surface area contributed by atoms with Crippen molar-refractivity contribution in [3.05, 3.63) is 51.4 Å². The summed E-state index contributed by atoms with van der Waals surface area (Å²) in [6, 6.07) is 6.45. The lowest BCUT2D eigenvalue weighted by atomic mass is 10.0. The number of phenolic OH excluding ortho intramolecular Hbond substituents is 2. The normalized spacial score (nSPS) is 12.7. The van der Waals surface area contributed by atoms with E-state index in [1.165, 1.54) is 13.8 Å². The number of carbonyl (C=O) groups is 2. The summed E-state index contributed by atoms with van der Waals surface area (Å²) < 4.78 is 8.60. The van der Waals surface area contributed by atoms with Crippen molar-refractivity contribution in [3.8, 4) is 32.4 Å². The van der Waals surface area contributed by atoms with Gasteiger partial charge in [0.1, 0.15) is 23.1 Å². The van der Waals surface area contributed by atoms with Crippen molar-refractivity contribution in [1.29, 1.82) is 0 Å². The second-order valence-corrected chi connectivity index (χ2v) is 9.72. The molecule has 11 heteroatoms. The largest absolute Gasteiger partial charge is 0.515 e. The van der Waals surface area contributed by atoms with E-state index in [2.05, 4.69) is 8.75 Å². The molecule has 3 aromatic heterocycles.